The lowest BCUT2D eigenvalue weighted by atomic mass is 9.98. The number of carboxylic acids is 1. The summed E-state index contributed by atoms with van der Waals surface area (Å²) in [6.07, 6.45) is 8.49. The van der Waals surface area contributed by atoms with Crippen LogP contribution in [0.2, 0.25) is 0 Å². The third kappa shape index (κ3) is 3.39. The van der Waals surface area contributed by atoms with Crippen molar-refractivity contribution in [2.24, 2.45) is 0 Å². The first-order chi connectivity index (χ1) is 9.14. The van der Waals surface area contributed by atoms with Gasteiger partial charge >= 0.3 is 12.0 Å². The molecule has 1 heterocycles. The van der Waals surface area contributed by atoms with Crippen molar-refractivity contribution in [1.82, 2.24) is 10.2 Å². The summed E-state index contributed by atoms with van der Waals surface area (Å²) in [6, 6.07) is -0.189. The van der Waals surface area contributed by atoms with E-state index in [-0.39, 0.29) is 6.03 Å². The van der Waals surface area contributed by atoms with Crippen molar-refractivity contribution in [2.75, 3.05) is 13.1 Å². The minimum Gasteiger partial charge on any atom is -0.480 e. The monoisotopic (exact) mass is 268 g/mol. The fourth-order valence-electron chi connectivity index (χ4n) is 3.11. The Labute approximate surface area is 114 Å². The highest BCUT2D eigenvalue weighted by molar-refractivity contribution is 5.86. The Morgan fingerprint density at radius 2 is 1.42 bits per heavy atom. The van der Waals surface area contributed by atoms with E-state index < -0.39 is 11.5 Å². The van der Waals surface area contributed by atoms with Gasteiger partial charge in [0.25, 0.3) is 0 Å². The van der Waals surface area contributed by atoms with Crippen LogP contribution < -0.4 is 5.32 Å². The van der Waals surface area contributed by atoms with Crippen LogP contribution in [0.3, 0.4) is 0 Å². The van der Waals surface area contributed by atoms with Gasteiger partial charge in [0.2, 0.25) is 0 Å². The van der Waals surface area contributed by atoms with E-state index in [0.717, 1.165) is 51.6 Å². The Morgan fingerprint density at radius 3 is 1.95 bits per heavy atom. The number of urea groups is 1. The highest BCUT2D eigenvalue weighted by Crippen LogP contribution is 2.30. The quantitative estimate of drug-likeness (QED) is 0.807. The van der Waals surface area contributed by atoms with Gasteiger partial charge in [-0.05, 0) is 25.7 Å². The molecule has 0 spiro atoms. The SMILES string of the molecule is O=C(NC1(C(=O)O)CCCC1)N1CCCCCCC1. The highest BCUT2D eigenvalue weighted by atomic mass is 16.4. The van der Waals surface area contributed by atoms with E-state index in [1.54, 1.807) is 4.90 Å². The Bertz CT molecular complexity index is 330. The van der Waals surface area contributed by atoms with Crippen LogP contribution in [0.15, 0.2) is 0 Å². The molecule has 0 aromatic rings. The smallest absolute Gasteiger partial charge is 0.329 e. The number of hydrogen-bond acceptors (Lipinski definition) is 2. The number of aliphatic carboxylic acids is 1. The molecule has 0 atom stereocenters. The Hall–Kier alpha value is -1.26. The van der Waals surface area contributed by atoms with E-state index >= 15 is 0 Å². The molecule has 2 N–H and O–H groups in total. The fraction of sp³-hybridized carbons (Fsp3) is 0.857. The van der Waals surface area contributed by atoms with Crippen LogP contribution >= 0.6 is 0 Å². The van der Waals surface area contributed by atoms with Gasteiger partial charge in [0.15, 0.2) is 0 Å². The van der Waals surface area contributed by atoms with Gasteiger partial charge in [-0.1, -0.05) is 32.1 Å². The molecule has 108 valence electrons. The average molecular weight is 268 g/mol. The maximum absolute atomic E-state index is 12.3. The van der Waals surface area contributed by atoms with Crippen LogP contribution in [-0.2, 0) is 4.79 Å². The van der Waals surface area contributed by atoms with Crippen LogP contribution in [0.5, 0.6) is 0 Å². The largest absolute Gasteiger partial charge is 0.480 e. The van der Waals surface area contributed by atoms with Gasteiger partial charge in [-0.3, -0.25) is 0 Å². The summed E-state index contributed by atoms with van der Waals surface area (Å²) < 4.78 is 0. The van der Waals surface area contributed by atoms with Crippen molar-refractivity contribution in [1.29, 1.82) is 0 Å². The van der Waals surface area contributed by atoms with E-state index in [4.69, 9.17) is 0 Å². The molecule has 1 saturated carbocycles. The first-order valence-electron chi connectivity index (χ1n) is 7.45. The number of nitrogens with zero attached hydrogens (tertiary/aromatic N) is 1. The maximum atomic E-state index is 12.3. The molecule has 0 unspecified atom stereocenters. The Balaban J connectivity index is 1.96. The van der Waals surface area contributed by atoms with Crippen LogP contribution in [0.1, 0.15) is 57.8 Å². The predicted octanol–water partition coefficient (Wildman–Crippen LogP) is 2.36. The number of likely N-dealkylation sites (tertiary alicyclic amines) is 1. The molecule has 1 aliphatic heterocycles. The molecule has 0 aromatic carbocycles. The van der Waals surface area contributed by atoms with E-state index in [1.165, 1.54) is 6.42 Å². The molecule has 19 heavy (non-hydrogen) atoms. The van der Waals surface area contributed by atoms with Crippen molar-refractivity contribution < 1.29 is 14.7 Å². The standard InChI is InChI=1S/C14H24N2O3/c17-12(18)14(8-4-5-9-14)15-13(19)16-10-6-2-1-3-7-11-16/h1-11H2,(H,15,19)(H,17,18). The van der Waals surface area contributed by atoms with E-state index in [1.807, 2.05) is 0 Å². The molecule has 5 nitrogen and oxygen atoms in total. The van der Waals surface area contributed by atoms with Crippen LogP contribution in [0, 0.1) is 0 Å². The summed E-state index contributed by atoms with van der Waals surface area (Å²) in [5, 5.41) is 12.2. The summed E-state index contributed by atoms with van der Waals surface area (Å²) in [4.78, 5) is 25.5. The van der Waals surface area contributed by atoms with E-state index in [9.17, 15) is 14.7 Å². The number of amides is 2. The zero-order valence-corrected chi connectivity index (χ0v) is 11.5. The molecule has 2 fully saturated rings. The summed E-state index contributed by atoms with van der Waals surface area (Å²) in [7, 11) is 0. The molecule has 2 rings (SSSR count). The second kappa shape index (κ2) is 6.26. The number of carbonyl (C=O) groups is 2. The third-order valence-corrected chi connectivity index (χ3v) is 4.36. The molecule has 0 radical (unpaired) electrons. The third-order valence-electron chi connectivity index (χ3n) is 4.36. The van der Waals surface area contributed by atoms with Crippen LogP contribution in [-0.4, -0.2) is 40.6 Å². The number of nitrogens with one attached hydrogen (secondary N) is 1. The lowest BCUT2D eigenvalue weighted by Gasteiger charge is -2.31. The number of hydrogen-bond donors (Lipinski definition) is 2. The average Bonchev–Trinajstić information content (AvgIpc) is 2.78. The lowest BCUT2D eigenvalue weighted by Crippen LogP contribution is -2.56. The molecular formula is C14H24N2O3. The molecule has 0 aromatic heterocycles. The van der Waals surface area contributed by atoms with E-state index in [2.05, 4.69) is 5.32 Å². The number of rotatable bonds is 2. The Kier molecular flexibility index (Phi) is 4.66. The predicted molar refractivity (Wildman–Crippen MR) is 72.0 cm³/mol. The fourth-order valence-corrected chi connectivity index (χ4v) is 3.11. The van der Waals surface area contributed by atoms with Gasteiger partial charge in [-0.2, -0.15) is 0 Å². The minimum absolute atomic E-state index is 0.189. The van der Waals surface area contributed by atoms with Crippen molar-refractivity contribution in [3.8, 4) is 0 Å². The van der Waals surface area contributed by atoms with E-state index in [0.29, 0.717) is 12.8 Å². The summed E-state index contributed by atoms with van der Waals surface area (Å²) >= 11 is 0. The van der Waals surface area contributed by atoms with Crippen molar-refractivity contribution in [3.05, 3.63) is 0 Å². The molecule has 1 aliphatic carbocycles. The van der Waals surface area contributed by atoms with Crippen LogP contribution in [0.4, 0.5) is 4.79 Å². The molecule has 1 saturated heterocycles. The van der Waals surface area contributed by atoms with Gasteiger partial charge < -0.3 is 15.3 Å². The molecule has 0 bridgehead atoms. The zero-order valence-electron chi connectivity index (χ0n) is 11.5. The van der Waals surface area contributed by atoms with Gasteiger partial charge in [-0.25, -0.2) is 9.59 Å². The van der Waals surface area contributed by atoms with Crippen molar-refractivity contribution in [3.63, 3.8) is 0 Å². The topological polar surface area (TPSA) is 69.6 Å². The highest BCUT2D eigenvalue weighted by Gasteiger charge is 2.43. The molecule has 5 heteroatoms. The maximum Gasteiger partial charge on any atom is 0.329 e. The van der Waals surface area contributed by atoms with Crippen LogP contribution in [0.25, 0.3) is 0 Å². The first kappa shape index (κ1) is 14.2. The first-order valence-corrected chi connectivity index (χ1v) is 7.45. The second-order valence-corrected chi connectivity index (χ2v) is 5.78. The number of carboxylic acid groups (broad SMARTS) is 1. The summed E-state index contributed by atoms with van der Waals surface area (Å²) in [5.41, 5.74) is -1.01. The molecular weight excluding hydrogens is 244 g/mol. The molecule has 2 aliphatic rings. The van der Waals surface area contributed by atoms with Gasteiger partial charge in [0.1, 0.15) is 5.54 Å². The Morgan fingerprint density at radius 1 is 0.895 bits per heavy atom. The molecule has 2 amide bonds. The van der Waals surface area contributed by atoms with Gasteiger partial charge in [-0.15, -0.1) is 0 Å². The minimum atomic E-state index is -1.01. The summed E-state index contributed by atoms with van der Waals surface area (Å²) in [6.45, 7) is 1.50. The zero-order chi connectivity index (χ0) is 13.7. The normalized spacial score (nSPS) is 23.5. The summed E-state index contributed by atoms with van der Waals surface area (Å²) in [5.74, 6) is -0.884. The van der Waals surface area contributed by atoms with Gasteiger partial charge in [0, 0.05) is 13.1 Å². The van der Waals surface area contributed by atoms with Crippen molar-refractivity contribution >= 4 is 12.0 Å². The lowest BCUT2D eigenvalue weighted by molar-refractivity contribution is -0.144. The van der Waals surface area contributed by atoms with Gasteiger partial charge in [0.05, 0.1) is 0 Å². The number of carbonyl (C=O) groups excluding carboxylic acids is 1. The van der Waals surface area contributed by atoms with Crippen molar-refractivity contribution in [2.45, 2.75) is 63.3 Å². The second-order valence-electron chi connectivity index (χ2n) is 5.78.